The summed E-state index contributed by atoms with van der Waals surface area (Å²) in [5, 5.41) is 3.84. The fraction of sp³-hybridized carbons (Fsp3) is 0.312. The van der Waals surface area contributed by atoms with E-state index in [0.717, 1.165) is 23.1 Å². The largest absolute Gasteiger partial charge is 0.497 e. The highest BCUT2D eigenvalue weighted by molar-refractivity contribution is 5.89. The Morgan fingerprint density at radius 2 is 1.96 bits per heavy atom. The lowest BCUT2D eigenvalue weighted by atomic mass is 10.1. The first-order chi connectivity index (χ1) is 12.1. The minimum atomic E-state index is -4.58. The predicted molar refractivity (Wildman–Crippen MR) is 83.6 cm³/mol. The van der Waals surface area contributed by atoms with Crippen molar-refractivity contribution in [3.63, 3.8) is 0 Å². The number of hydrogen-bond acceptors (Lipinski definition) is 5. The lowest BCUT2D eigenvalue weighted by Crippen LogP contribution is -2.12. The van der Waals surface area contributed by atoms with Crippen molar-refractivity contribution in [1.29, 1.82) is 0 Å². The molecule has 1 heterocycles. The lowest BCUT2D eigenvalue weighted by molar-refractivity contribution is -0.144. The molecule has 0 aliphatic rings. The fourth-order valence-corrected chi connectivity index (χ4v) is 1.92. The van der Waals surface area contributed by atoms with Crippen molar-refractivity contribution in [2.45, 2.75) is 26.1 Å². The van der Waals surface area contributed by atoms with E-state index in [1.807, 2.05) is 0 Å². The summed E-state index contributed by atoms with van der Waals surface area (Å²) in [6.07, 6.45) is -3.33. The summed E-state index contributed by atoms with van der Waals surface area (Å²) in [5.41, 5.74) is -0.917. The van der Waals surface area contributed by atoms with Crippen molar-refractivity contribution in [2.24, 2.45) is 0 Å². The second-order valence-electron chi connectivity index (χ2n) is 5.43. The molecule has 10 heteroatoms. The van der Waals surface area contributed by atoms with Crippen molar-refractivity contribution < 1.29 is 31.8 Å². The molecule has 2 aromatic rings. The first kappa shape index (κ1) is 19.4. The van der Waals surface area contributed by atoms with Gasteiger partial charge in [0, 0.05) is 5.56 Å². The summed E-state index contributed by atoms with van der Waals surface area (Å²) in [6.45, 7) is 3.11. The van der Waals surface area contributed by atoms with E-state index in [1.54, 1.807) is 13.8 Å². The van der Waals surface area contributed by atoms with Gasteiger partial charge < -0.3 is 9.47 Å². The zero-order valence-electron chi connectivity index (χ0n) is 14.0. The van der Waals surface area contributed by atoms with Gasteiger partial charge in [-0.15, -0.1) is 5.10 Å². The molecule has 1 aromatic carbocycles. The number of alkyl halides is 3. The molecule has 0 fully saturated rings. The van der Waals surface area contributed by atoms with E-state index in [4.69, 9.17) is 4.74 Å². The third kappa shape index (κ3) is 4.80. The van der Waals surface area contributed by atoms with Gasteiger partial charge in [-0.1, -0.05) is 0 Å². The number of nitrogens with zero attached hydrogens (tertiary/aromatic N) is 3. The Hall–Kier alpha value is -2.91. The molecule has 0 saturated heterocycles. The number of aromatic nitrogens is 3. The van der Waals surface area contributed by atoms with E-state index in [1.165, 1.54) is 13.2 Å². The Labute approximate surface area is 146 Å². The average molecular weight is 373 g/mol. The van der Waals surface area contributed by atoms with Crippen LogP contribution >= 0.6 is 0 Å². The van der Waals surface area contributed by atoms with E-state index in [0.29, 0.717) is 6.20 Å². The molecule has 0 aliphatic carbocycles. The van der Waals surface area contributed by atoms with E-state index in [9.17, 15) is 22.4 Å². The Morgan fingerprint density at radius 1 is 1.27 bits per heavy atom. The highest BCUT2D eigenvalue weighted by Crippen LogP contribution is 2.34. The number of benzene rings is 1. The zero-order valence-corrected chi connectivity index (χ0v) is 14.0. The van der Waals surface area contributed by atoms with E-state index in [-0.39, 0.29) is 17.1 Å². The number of ether oxygens (including phenoxy) is 2. The summed E-state index contributed by atoms with van der Waals surface area (Å²) >= 11 is 0. The molecule has 26 heavy (non-hydrogen) atoms. The van der Waals surface area contributed by atoms with Crippen molar-refractivity contribution >= 4 is 12.2 Å². The first-order valence-electron chi connectivity index (χ1n) is 7.36. The smallest absolute Gasteiger partial charge is 0.416 e. The maximum absolute atomic E-state index is 13.7. The molecule has 0 N–H and O–H groups in total. The van der Waals surface area contributed by atoms with Crippen LogP contribution in [-0.4, -0.2) is 33.9 Å². The molecule has 0 bridgehead atoms. The van der Waals surface area contributed by atoms with E-state index >= 15 is 0 Å². The van der Waals surface area contributed by atoms with Gasteiger partial charge in [-0.2, -0.15) is 17.6 Å². The van der Waals surface area contributed by atoms with Gasteiger partial charge in [-0.05, 0) is 32.0 Å². The molecule has 0 radical (unpaired) electrons. The summed E-state index contributed by atoms with van der Waals surface area (Å²) in [7, 11) is 1.23. The third-order valence-electron chi connectivity index (χ3n) is 3.02. The monoisotopic (exact) mass is 373 g/mol. The van der Waals surface area contributed by atoms with Crippen LogP contribution < -0.4 is 4.74 Å². The van der Waals surface area contributed by atoms with Crippen molar-refractivity contribution in [2.75, 3.05) is 7.11 Å². The summed E-state index contributed by atoms with van der Waals surface area (Å²) in [6, 6.07) is 2.99. The van der Waals surface area contributed by atoms with Gasteiger partial charge >= 0.3 is 12.1 Å². The van der Waals surface area contributed by atoms with Crippen LogP contribution in [0, 0.1) is 0 Å². The van der Waals surface area contributed by atoms with Crippen LogP contribution in [0.15, 0.2) is 30.4 Å². The number of halogens is 4. The number of carbonyl (C=O) groups is 1. The Kier molecular flexibility index (Phi) is 5.63. The van der Waals surface area contributed by atoms with Crippen molar-refractivity contribution in [3.05, 3.63) is 35.9 Å². The number of carbonyl (C=O) groups excluding carboxylic acids is 1. The van der Waals surface area contributed by atoms with Crippen LogP contribution in [0.3, 0.4) is 0 Å². The first-order valence-corrected chi connectivity index (χ1v) is 7.36. The zero-order chi connectivity index (χ0) is 19.5. The molecule has 0 unspecified atom stereocenters. The second-order valence-corrected chi connectivity index (χ2v) is 5.43. The number of methoxy groups -OCH3 is 1. The van der Waals surface area contributed by atoms with Gasteiger partial charge in [0.1, 0.15) is 12.1 Å². The highest BCUT2D eigenvalue weighted by Gasteiger charge is 2.31. The van der Waals surface area contributed by atoms with Gasteiger partial charge in [0.25, 0.3) is 0 Å². The number of rotatable bonds is 5. The summed E-state index contributed by atoms with van der Waals surface area (Å²) < 4.78 is 63.0. The van der Waals surface area contributed by atoms with Gasteiger partial charge in [0.15, 0.2) is 5.82 Å². The lowest BCUT2D eigenvalue weighted by Gasteiger charge is -2.10. The van der Waals surface area contributed by atoms with Gasteiger partial charge in [-0.25, -0.2) is 14.5 Å². The van der Waals surface area contributed by atoms with E-state index in [2.05, 4.69) is 14.8 Å². The van der Waals surface area contributed by atoms with Crippen LogP contribution in [0.4, 0.5) is 17.6 Å². The molecule has 0 saturated carbocycles. The molecule has 2 rings (SSSR count). The van der Waals surface area contributed by atoms with Gasteiger partial charge in [-0.3, -0.25) is 0 Å². The SMILES string of the molecule is COc1cc(-c2ncn(/C=C(/F)C(=O)OC(C)C)n2)cc(C(F)(F)F)c1. The topological polar surface area (TPSA) is 66.2 Å². The van der Waals surface area contributed by atoms with Crippen LogP contribution in [0.1, 0.15) is 19.4 Å². The van der Waals surface area contributed by atoms with Gasteiger partial charge in [0.05, 0.1) is 25.0 Å². The summed E-state index contributed by atoms with van der Waals surface area (Å²) in [4.78, 5) is 15.2. The third-order valence-corrected chi connectivity index (χ3v) is 3.02. The van der Waals surface area contributed by atoms with Gasteiger partial charge in [0.2, 0.25) is 5.83 Å². The molecule has 0 atom stereocenters. The van der Waals surface area contributed by atoms with Crippen LogP contribution in [0.2, 0.25) is 0 Å². The number of esters is 1. The second kappa shape index (κ2) is 7.54. The maximum atomic E-state index is 13.7. The predicted octanol–water partition coefficient (Wildman–Crippen LogP) is 3.69. The van der Waals surface area contributed by atoms with Crippen LogP contribution in [0.5, 0.6) is 5.75 Å². The average Bonchev–Trinajstić information content (AvgIpc) is 3.01. The molecule has 6 nitrogen and oxygen atoms in total. The molecular formula is C16H15F4N3O3. The Balaban J connectivity index is 2.34. The van der Waals surface area contributed by atoms with Crippen LogP contribution in [0.25, 0.3) is 17.6 Å². The minimum Gasteiger partial charge on any atom is -0.497 e. The van der Waals surface area contributed by atoms with Crippen molar-refractivity contribution in [3.8, 4) is 17.1 Å². The van der Waals surface area contributed by atoms with Crippen molar-refractivity contribution in [1.82, 2.24) is 14.8 Å². The Bertz CT molecular complexity index is 828. The standard InChI is InChI=1S/C16H15F4N3O3/c1-9(2)26-15(24)13(17)7-23-8-21-14(22-23)10-4-11(16(18,19)20)6-12(5-10)25-3/h4-9H,1-3H3/b13-7+. The Morgan fingerprint density at radius 3 is 2.54 bits per heavy atom. The molecule has 0 aliphatic heterocycles. The van der Waals surface area contributed by atoms with E-state index < -0.39 is 29.6 Å². The minimum absolute atomic E-state index is 0.0222. The maximum Gasteiger partial charge on any atom is 0.416 e. The quantitative estimate of drug-likeness (QED) is 0.454. The number of hydrogen-bond donors (Lipinski definition) is 0. The molecule has 1 aromatic heterocycles. The van der Waals surface area contributed by atoms with Crippen LogP contribution in [-0.2, 0) is 15.7 Å². The molecule has 0 amide bonds. The molecule has 140 valence electrons. The normalized spacial score (nSPS) is 12.4. The molecular weight excluding hydrogens is 358 g/mol. The summed E-state index contributed by atoms with van der Waals surface area (Å²) in [5.74, 6) is -2.54. The fourth-order valence-electron chi connectivity index (χ4n) is 1.92. The highest BCUT2D eigenvalue weighted by atomic mass is 19.4. The molecule has 0 spiro atoms.